The molecule has 2 N–H and O–H groups in total. The maximum absolute atomic E-state index is 14.0. The lowest BCUT2D eigenvalue weighted by Gasteiger charge is -2.37. The molecule has 6 rings (SSSR count). The molecule has 0 bridgehead atoms. The summed E-state index contributed by atoms with van der Waals surface area (Å²) in [7, 11) is 0. The fraction of sp³-hybridized carbons (Fsp3) is 0.171. The van der Waals surface area contributed by atoms with Crippen molar-refractivity contribution in [3.05, 3.63) is 183 Å². The van der Waals surface area contributed by atoms with E-state index in [0.29, 0.717) is 35.2 Å². The van der Waals surface area contributed by atoms with Crippen molar-refractivity contribution in [3.63, 3.8) is 0 Å². The number of nitrogens with zero attached hydrogens (tertiary/aromatic N) is 2. The number of rotatable bonds is 15. The number of nitrogens with one attached hydrogen (secondary N) is 1. The Morgan fingerprint density at radius 2 is 1.42 bits per heavy atom. The molecule has 0 saturated heterocycles. The molecule has 0 amide bonds. The Kier molecular flexibility index (Phi) is 10.8. The smallest absolute Gasteiger partial charge is 0.311 e. The monoisotopic (exact) mass is 685 g/mol. The van der Waals surface area contributed by atoms with Crippen molar-refractivity contribution >= 4 is 17.0 Å². The van der Waals surface area contributed by atoms with Gasteiger partial charge < -0.3 is 14.6 Å². The van der Waals surface area contributed by atoms with E-state index in [1.807, 2.05) is 135 Å². The van der Waals surface area contributed by atoms with Crippen LogP contribution in [0.25, 0.3) is 5.70 Å². The molecule has 0 aliphatic carbocycles. The molecule has 0 fully saturated rings. The van der Waals surface area contributed by atoms with Gasteiger partial charge in [-0.2, -0.15) is 0 Å². The maximum Gasteiger partial charge on any atom is 0.311 e. The minimum atomic E-state index is -1.09. The SMILES string of the molecule is C=C(NOCCOc1ccc(Cc2sc(=O)n(C(c3ccccc3)(c3ccccc3)c3ccccc3)c2O)cc1)c1ccc(OC(C)C)nc1. The zero-order chi connectivity index (χ0) is 34.9. The molecule has 0 spiro atoms. The van der Waals surface area contributed by atoms with Gasteiger partial charge in [0.05, 0.1) is 16.7 Å². The Hall–Kier alpha value is -5.64. The molecule has 0 saturated carbocycles. The minimum Gasteiger partial charge on any atom is -0.494 e. The summed E-state index contributed by atoms with van der Waals surface area (Å²) in [5, 5.41) is 11.9. The third-order valence-electron chi connectivity index (χ3n) is 8.14. The molecule has 0 radical (unpaired) electrons. The number of benzene rings is 4. The van der Waals surface area contributed by atoms with E-state index in [-0.39, 0.29) is 23.5 Å². The number of hydroxylamine groups is 1. The predicted molar refractivity (Wildman–Crippen MR) is 198 cm³/mol. The van der Waals surface area contributed by atoms with Gasteiger partial charge in [-0.3, -0.25) is 19.7 Å². The Morgan fingerprint density at radius 1 is 0.840 bits per heavy atom. The molecule has 0 aliphatic heterocycles. The quantitative estimate of drug-likeness (QED) is 0.0647. The number of aromatic hydroxyl groups is 1. The molecule has 0 aliphatic rings. The third-order valence-corrected chi connectivity index (χ3v) is 9.07. The third kappa shape index (κ3) is 7.49. The normalized spacial score (nSPS) is 11.3. The van der Waals surface area contributed by atoms with E-state index in [4.69, 9.17) is 14.3 Å². The fourth-order valence-electron chi connectivity index (χ4n) is 5.90. The average Bonchev–Trinajstić information content (AvgIpc) is 3.42. The van der Waals surface area contributed by atoms with Gasteiger partial charge >= 0.3 is 4.87 Å². The van der Waals surface area contributed by atoms with E-state index >= 15 is 0 Å². The highest BCUT2D eigenvalue weighted by atomic mass is 32.1. The van der Waals surface area contributed by atoms with Crippen molar-refractivity contribution in [2.24, 2.45) is 0 Å². The summed E-state index contributed by atoms with van der Waals surface area (Å²) in [6.45, 7) is 8.48. The molecule has 6 aromatic rings. The van der Waals surface area contributed by atoms with Crippen molar-refractivity contribution in [2.45, 2.75) is 31.9 Å². The van der Waals surface area contributed by atoms with Gasteiger partial charge in [0.1, 0.15) is 24.5 Å². The molecule has 50 heavy (non-hydrogen) atoms. The Morgan fingerprint density at radius 3 is 1.94 bits per heavy atom. The van der Waals surface area contributed by atoms with Crippen molar-refractivity contribution in [3.8, 4) is 17.5 Å². The fourth-order valence-corrected chi connectivity index (χ4v) is 6.85. The Bertz CT molecular complexity index is 1950. The van der Waals surface area contributed by atoms with Gasteiger partial charge in [-0.25, -0.2) is 4.98 Å². The van der Waals surface area contributed by atoms with Crippen LogP contribution in [0.15, 0.2) is 145 Å². The molecule has 9 heteroatoms. The Balaban J connectivity index is 1.14. The van der Waals surface area contributed by atoms with Gasteiger partial charge in [-0.15, -0.1) is 0 Å². The van der Waals surface area contributed by atoms with Gasteiger partial charge in [0.2, 0.25) is 11.8 Å². The predicted octanol–water partition coefficient (Wildman–Crippen LogP) is 7.80. The molecular formula is C41H39N3O5S. The van der Waals surface area contributed by atoms with Crippen molar-refractivity contribution in [1.29, 1.82) is 0 Å². The van der Waals surface area contributed by atoms with Crippen LogP contribution in [-0.4, -0.2) is 34.0 Å². The van der Waals surface area contributed by atoms with Crippen LogP contribution in [0, 0.1) is 0 Å². The molecule has 0 unspecified atom stereocenters. The van der Waals surface area contributed by atoms with Crippen LogP contribution in [0.5, 0.6) is 17.5 Å². The van der Waals surface area contributed by atoms with Crippen LogP contribution in [0.1, 0.15) is 46.5 Å². The minimum absolute atomic E-state index is 0.0504. The number of pyridine rings is 1. The summed E-state index contributed by atoms with van der Waals surface area (Å²) < 4.78 is 13.0. The topological polar surface area (TPSA) is 94.8 Å². The highest BCUT2D eigenvalue weighted by Gasteiger charge is 2.42. The standard InChI is InChI=1S/C41H39N3O5S/c1-29(2)49-38-24-21-32(28-42-38)30(3)43-48-26-25-47-36-22-19-31(20-23-36)27-37-39(45)44(40(46)50-37)41(33-13-7-4-8-14-33,34-15-9-5-10-16-34)35-17-11-6-12-18-35/h4-24,28-29,43,45H,3,25-27H2,1-2H3. The van der Waals surface area contributed by atoms with Crippen molar-refractivity contribution in [2.75, 3.05) is 13.2 Å². The molecule has 4 aromatic carbocycles. The summed E-state index contributed by atoms with van der Waals surface area (Å²) in [4.78, 5) is 24.1. The second-order valence-corrected chi connectivity index (χ2v) is 13.0. The number of aromatic nitrogens is 2. The van der Waals surface area contributed by atoms with Gasteiger partial charge in [0.25, 0.3) is 0 Å². The molecule has 2 heterocycles. The number of hydrogen-bond acceptors (Lipinski definition) is 8. The molecule has 2 aromatic heterocycles. The molecule has 254 valence electrons. The number of hydrogen-bond donors (Lipinski definition) is 2. The van der Waals surface area contributed by atoms with Crippen LogP contribution in [0.2, 0.25) is 0 Å². The Labute approximate surface area is 295 Å². The molecular weight excluding hydrogens is 647 g/mol. The van der Waals surface area contributed by atoms with Crippen molar-refractivity contribution < 1.29 is 19.4 Å². The van der Waals surface area contributed by atoms with Gasteiger partial charge in [0, 0.05) is 24.2 Å². The van der Waals surface area contributed by atoms with E-state index in [2.05, 4.69) is 17.0 Å². The summed E-state index contributed by atoms with van der Waals surface area (Å²) >= 11 is 1.06. The summed E-state index contributed by atoms with van der Waals surface area (Å²) in [6.07, 6.45) is 2.10. The van der Waals surface area contributed by atoms with Crippen LogP contribution in [0.4, 0.5) is 0 Å². The van der Waals surface area contributed by atoms with E-state index in [1.165, 1.54) is 0 Å². The first kappa shape index (κ1) is 34.2. The van der Waals surface area contributed by atoms with Crippen LogP contribution in [-0.2, 0) is 16.8 Å². The van der Waals surface area contributed by atoms with Gasteiger partial charge in [-0.1, -0.05) is 121 Å². The summed E-state index contributed by atoms with van der Waals surface area (Å²) in [5.74, 6) is 1.17. The van der Waals surface area contributed by atoms with E-state index in [9.17, 15) is 9.90 Å². The second kappa shape index (κ2) is 15.7. The van der Waals surface area contributed by atoms with Crippen LogP contribution < -0.4 is 19.8 Å². The highest BCUT2D eigenvalue weighted by Crippen LogP contribution is 2.43. The lowest BCUT2D eigenvalue weighted by atomic mass is 9.76. The first-order chi connectivity index (χ1) is 24.4. The highest BCUT2D eigenvalue weighted by molar-refractivity contribution is 7.09. The maximum atomic E-state index is 14.0. The van der Waals surface area contributed by atoms with Gasteiger partial charge in [0.15, 0.2) is 0 Å². The van der Waals surface area contributed by atoms with Crippen LogP contribution in [0.3, 0.4) is 0 Å². The van der Waals surface area contributed by atoms with E-state index < -0.39 is 5.54 Å². The lowest BCUT2D eigenvalue weighted by Crippen LogP contribution is -2.42. The first-order valence-corrected chi connectivity index (χ1v) is 17.2. The zero-order valence-electron chi connectivity index (χ0n) is 28.0. The molecule has 8 nitrogen and oxygen atoms in total. The average molecular weight is 686 g/mol. The number of thiazole rings is 1. The summed E-state index contributed by atoms with van der Waals surface area (Å²) in [6, 6.07) is 40.8. The van der Waals surface area contributed by atoms with Crippen LogP contribution >= 0.6 is 11.3 Å². The number of ether oxygens (including phenoxy) is 2. The zero-order valence-corrected chi connectivity index (χ0v) is 28.8. The summed E-state index contributed by atoms with van der Waals surface area (Å²) in [5.41, 5.74) is 6.63. The first-order valence-electron chi connectivity index (χ1n) is 16.4. The van der Waals surface area contributed by atoms with Crippen molar-refractivity contribution in [1.82, 2.24) is 15.0 Å². The van der Waals surface area contributed by atoms with E-state index in [0.717, 1.165) is 39.2 Å². The van der Waals surface area contributed by atoms with Gasteiger partial charge in [-0.05, 0) is 54.3 Å². The lowest BCUT2D eigenvalue weighted by molar-refractivity contribution is 0.0541. The second-order valence-electron chi connectivity index (χ2n) is 11.9. The largest absolute Gasteiger partial charge is 0.494 e. The molecule has 0 atom stereocenters. The van der Waals surface area contributed by atoms with E-state index in [1.54, 1.807) is 16.8 Å².